The molecule has 1 unspecified atom stereocenters. The van der Waals surface area contributed by atoms with Gasteiger partial charge in [-0.25, -0.2) is 0 Å². The number of hydrogen-bond acceptors (Lipinski definition) is 4. The maximum Gasteiger partial charge on any atom is 0.170 e. The standard InChI is InChI=1S/C10H16N2O2/c1-7(2)8-5-12-14-10(8)9-6-11-3-4-13-9/h5,7,9,11H,3-4,6H2,1-2H3. The monoisotopic (exact) mass is 196 g/mol. The van der Waals surface area contributed by atoms with Crippen LogP contribution in [0, 0.1) is 0 Å². The Morgan fingerprint density at radius 2 is 2.43 bits per heavy atom. The Hall–Kier alpha value is -0.870. The third-order valence-corrected chi connectivity index (χ3v) is 2.47. The van der Waals surface area contributed by atoms with E-state index in [4.69, 9.17) is 9.26 Å². The number of nitrogens with zero attached hydrogens (tertiary/aromatic N) is 1. The van der Waals surface area contributed by atoms with E-state index < -0.39 is 0 Å². The van der Waals surface area contributed by atoms with Crippen molar-refractivity contribution in [3.8, 4) is 0 Å². The van der Waals surface area contributed by atoms with Crippen molar-refractivity contribution >= 4 is 0 Å². The summed E-state index contributed by atoms with van der Waals surface area (Å²) >= 11 is 0. The Morgan fingerprint density at radius 3 is 3.07 bits per heavy atom. The van der Waals surface area contributed by atoms with Crippen LogP contribution in [-0.4, -0.2) is 24.9 Å². The highest BCUT2D eigenvalue weighted by Gasteiger charge is 2.24. The van der Waals surface area contributed by atoms with Crippen molar-refractivity contribution < 1.29 is 9.26 Å². The summed E-state index contributed by atoms with van der Waals surface area (Å²) in [5.41, 5.74) is 1.15. The van der Waals surface area contributed by atoms with E-state index in [0.29, 0.717) is 5.92 Å². The Bertz CT molecular complexity index is 290. The van der Waals surface area contributed by atoms with Crippen LogP contribution in [0.15, 0.2) is 10.7 Å². The second-order valence-electron chi connectivity index (χ2n) is 3.86. The number of morpholine rings is 1. The van der Waals surface area contributed by atoms with Gasteiger partial charge in [0.15, 0.2) is 5.76 Å². The molecule has 1 aromatic heterocycles. The molecule has 0 radical (unpaired) electrons. The third kappa shape index (κ3) is 1.81. The quantitative estimate of drug-likeness (QED) is 0.778. The van der Waals surface area contributed by atoms with Gasteiger partial charge in [-0.2, -0.15) is 0 Å². The number of aromatic nitrogens is 1. The highest BCUT2D eigenvalue weighted by molar-refractivity contribution is 5.20. The van der Waals surface area contributed by atoms with Crippen LogP contribution in [-0.2, 0) is 4.74 Å². The van der Waals surface area contributed by atoms with E-state index in [0.717, 1.165) is 31.0 Å². The van der Waals surface area contributed by atoms with Gasteiger partial charge < -0.3 is 14.6 Å². The van der Waals surface area contributed by atoms with Gasteiger partial charge in [-0.1, -0.05) is 19.0 Å². The van der Waals surface area contributed by atoms with Gasteiger partial charge in [0, 0.05) is 18.7 Å². The average Bonchev–Trinajstić information content (AvgIpc) is 2.67. The number of rotatable bonds is 2. The molecule has 1 aliphatic rings. The molecular formula is C10H16N2O2. The van der Waals surface area contributed by atoms with Gasteiger partial charge in [-0.15, -0.1) is 0 Å². The SMILES string of the molecule is CC(C)c1cnoc1C1CNCCO1. The molecule has 1 fully saturated rings. The molecule has 4 nitrogen and oxygen atoms in total. The summed E-state index contributed by atoms with van der Waals surface area (Å²) in [7, 11) is 0. The summed E-state index contributed by atoms with van der Waals surface area (Å²) in [5.74, 6) is 1.31. The second-order valence-corrected chi connectivity index (χ2v) is 3.86. The molecule has 0 amide bonds. The van der Waals surface area contributed by atoms with E-state index in [1.165, 1.54) is 0 Å². The van der Waals surface area contributed by atoms with Crippen molar-refractivity contribution in [1.29, 1.82) is 0 Å². The van der Waals surface area contributed by atoms with Crippen molar-refractivity contribution in [1.82, 2.24) is 10.5 Å². The fraction of sp³-hybridized carbons (Fsp3) is 0.700. The van der Waals surface area contributed by atoms with Crippen molar-refractivity contribution in [3.63, 3.8) is 0 Å². The van der Waals surface area contributed by atoms with E-state index in [1.54, 1.807) is 6.20 Å². The molecule has 1 N–H and O–H groups in total. The lowest BCUT2D eigenvalue weighted by molar-refractivity contribution is 0.0100. The number of hydrogen-bond donors (Lipinski definition) is 1. The molecule has 14 heavy (non-hydrogen) atoms. The second kappa shape index (κ2) is 4.11. The van der Waals surface area contributed by atoms with E-state index in [-0.39, 0.29) is 6.10 Å². The molecule has 4 heteroatoms. The zero-order chi connectivity index (χ0) is 9.97. The summed E-state index contributed by atoms with van der Waals surface area (Å²) < 4.78 is 10.9. The van der Waals surface area contributed by atoms with Crippen molar-refractivity contribution in [3.05, 3.63) is 17.5 Å². The molecule has 0 aromatic carbocycles. The highest BCUT2D eigenvalue weighted by atomic mass is 16.5. The van der Waals surface area contributed by atoms with Crippen LogP contribution >= 0.6 is 0 Å². The van der Waals surface area contributed by atoms with E-state index in [9.17, 15) is 0 Å². The van der Waals surface area contributed by atoms with Gasteiger partial charge in [0.05, 0.1) is 12.8 Å². The molecule has 1 atom stereocenters. The average molecular weight is 196 g/mol. The first-order valence-corrected chi connectivity index (χ1v) is 5.06. The normalized spacial score (nSPS) is 22.9. The zero-order valence-electron chi connectivity index (χ0n) is 8.62. The lowest BCUT2D eigenvalue weighted by Gasteiger charge is -2.22. The van der Waals surface area contributed by atoms with Crippen molar-refractivity contribution in [2.45, 2.75) is 25.9 Å². The van der Waals surface area contributed by atoms with Crippen LogP contribution in [0.3, 0.4) is 0 Å². The summed E-state index contributed by atoms with van der Waals surface area (Å²) in [4.78, 5) is 0. The fourth-order valence-electron chi connectivity index (χ4n) is 1.67. The Morgan fingerprint density at radius 1 is 1.57 bits per heavy atom. The molecule has 0 saturated carbocycles. The smallest absolute Gasteiger partial charge is 0.170 e. The van der Waals surface area contributed by atoms with E-state index in [1.807, 2.05) is 0 Å². The largest absolute Gasteiger partial charge is 0.367 e. The Labute approximate surface area is 83.6 Å². The predicted octanol–water partition coefficient (Wildman–Crippen LogP) is 1.46. The molecule has 1 aromatic rings. The zero-order valence-corrected chi connectivity index (χ0v) is 8.62. The Kier molecular flexibility index (Phi) is 2.84. The van der Waals surface area contributed by atoms with Gasteiger partial charge in [-0.05, 0) is 5.92 Å². The molecule has 2 heterocycles. The Balaban J connectivity index is 2.17. The van der Waals surface area contributed by atoms with Crippen LogP contribution in [0.2, 0.25) is 0 Å². The lowest BCUT2D eigenvalue weighted by Crippen LogP contribution is -2.33. The number of nitrogens with one attached hydrogen (secondary N) is 1. The molecule has 1 aliphatic heterocycles. The first-order chi connectivity index (χ1) is 6.79. The topological polar surface area (TPSA) is 47.3 Å². The minimum Gasteiger partial charge on any atom is -0.367 e. The summed E-state index contributed by atoms with van der Waals surface area (Å²) in [5, 5.41) is 7.11. The van der Waals surface area contributed by atoms with Crippen LogP contribution < -0.4 is 5.32 Å². The van der Waals surface area contributed by atoms with Crippen LogP contribution in [0.4, 0.5) is 0 Å². The van der Waals surface area contributed by atoms with Crippen LogP contribution in [0.1, 0.15) is 37.2 Å². The third-order valence-electron chi connectivity index (χ3n) is 2.47. The van der Waals surface area contributed by atoms with Gasteiger partial charge in [0.2, 0.25) is 0 Å². The summed E-state index contributed by atoms with van der Waals surface area (Å²) in [6.45, 7) is 6.73. The molecule has 2 rings (SSSR count). The molecule has 78 valence electrons. The maximum atomic E-state index is 5.62. The van der Waals surface area contributed by atoms with Crippen molar-refractivity contribution in [2.24, 2.45) is 0 Å². The van der Waals surface area contributed by atoms with Crippen LogP contribution in [0.25, 0.3) is 0 Å². The molecule has 0 aliphatic carbocycles. The van der Waals surface area contributed by atoms with Crippen LogP contribution in [0.5, 0.6) is 0 Å². The highest BCUT2D eigenvalue weighted by Crippen LogP contribution is 2.27. The van der Waals surface area contributed by atoms with Gasteiger partial charge in [0.25, 0.3) is 0 Å². The summed E-state index contributed by atoms with van der Waals surface area (Å²) in [6.07, 6.45) is 1.82. The van der Waals surface area contributed by atoms with Gasteiger partial charge in [0.1, 0.15) is 6.10 Å². The minimum absolute atomic E-state index is 0.0312. The van der Waals surface area contributed by atoms with Crippen molar-refractivity contribution in [2.75, 3.05) is 19.7 Å². The first-order valence-electron chi connectivity index (χ1n) is 5.06. The number of ether oxygens (including phenoxy) is 1. The lowest BCUT2D eigenvalue weighted by atomic mass is 10.0. The van der Waals surface area contributed by atoms with E-state index in [2.05, 4.69) is 24.3 Å². The first kappa shape index (κ1) is 9.68. The van der Waals surface area contributed by atoms with Gasteiger partial charge >= 0.3 is 0 Å². The minimum atomic E-state index is 0.0312. The predicted molar refractivity (Wildman–Crippen MR) is 52.2 cm³/mol. The summed E-state index contributed by atoms with van der Waals surface area (Å²) in [6, 6.07) is 0. The molecular weight excluding hydrogens is 180 g/mol. The fourth-order valence-corrected chi connectivity index (χ4v) is 1.67. The molecule has 0 spiro atoms. The molecule has 1 saturated heterocycles. The maximum absolute atomic E-state index is 5.62. The molecule has 0 bridgehead atoms. The van der Waals surface area contributed by atoms with E-state index >= 15 is 0 Å². The van der Waals surface area contributed by atoms with Gasteiger partial charge in [-0.3, -0.25) is 0 Å².